The van der Waals surface area contributed by atoms with Crippen LogP contribution in [0.5, 0.6) is 11.5 Å². The summed E-state index contributed by atoms with van der Waals surface area (Å²) in [6.45, 7) is 5.60. The third-order valence-electron chi connectivity index (χ3n) is 5.99. The quantitative estimate of drug-likeness (QED) is 0.307. The van der Waals surface area contributed by atoms with Crippen molar-refractivity contribution in [3.63, 3.8) is 0 Å². The molecule has 1 aliphatic rings. The maximum absolute atomic E-state index is 12.3. The molecule has 35 heavy (non-hydrogen) atoms. The lowest BCUT2D eigenvalue weighted by Crippen LogP contribution is -2.44. The first-order chi connectivity index (χ1) is 16.5. The molecule has 0 aliphatic carbocycles. The van der Waals surface area contributed by atoms with Gasteiger partial charge in [0.2, 0.25) is 5.91 Å². The van der Waals surface area contributed by atoms with E-state index in [9.17, 15) is 14.4 Å². The van der Waals surface area contributed by atoms with E-state index >= 15 is 0 Å². The molecule has 0 saturated heterocycles. The number of aliphatic carboxylic acids is 1. The predicted molar refractivity (Wildman–Crippen MR) is 132 cm³/mol. The van der Waals surface area contributed by atoms with Crippen LogP contribution in [-0.4, -0.2) is 54.1 Å². The van der Waals surface area contributed by atoms with Gasteiger partial charge >= 0.3 is 11.9 Å². The molecule has 0 bridgehead atoms. The molecule has 8 nitrogen and oxygen atoms in total. The van der Waals surface area contributed by atoms with Gasteiger partial charge < -0.3 is 19.9 Å². The number of ether oxygens (including phenoxy) is 2. The molecule has 2 aromatic rings. The minimum absolute atomic E-state index is 0.0948. The third kappa shape index (κ3) is 6.74. The number of alkyl halides is 1. The van der Waals surface area contributed by atoms with Crippen LogP contribution in [-0.2, 0) is 27.3 Å². The highest BCUT2D eigenvalue weighted by Gasteiger charge is 2.32. The largest absolute Gasteiger partial charge is 0.496 e. The highest BCUT2D eigenvalue weighted by molar-refractivity contribution is 6.21. The minimum Gasteiger partial charge on any atom is -0.496 e. The maximum atomic E-state index is 12.3. The first-order valence-electron chi connectivity index (χ1n) is 11.3. The summed E-state index contributed by atoms with van der Waals surface area (Å²) in [5.41, 5.74) is 2.32. The van der Waals surface area contributed by atoms with Crippen molar-refractivity contribution in [1.29, 1.82) is 0 Å². The van der Waals surface area contributed by atoms with Crippen LogP contribution in [0.1, 0.15) is 42.8 Å². The number of methoxy groups -OCH3 is 1. The molecular weight excluding hydrogens is 472 g/mol. The Hall–Kier alpha value is -3.10. The lowest BCUT2D eigenvalue weighted by Gasteiger charge is -2.31. The molecular formula is C26H31ClN2O6. The van der Waals surface area contributed by atoms with Crippen molar-refractivity contribution < 1.29 is 29.0 Å². The number of hydrogen-bond donors (Lipinski definition) is 2. The normalized spacial score (nSPS) is 15.9. The number of carboxylic acids is 1. The number of esters is 1. The highest BCUT2D eigenvalue weighted by Crippen LogP contribution is 2.44. The molecule has 0 radical (unpaired) electrons. The molecule has 0 spiro atoms. The Bertz CT molecular complexity index is 1100. The van der Waals surface area contributed by atoms with Gasteiger partial charge in [0, 0.05) is 12.1 Å². The average Bonchev–Trinajstić information content (AvgIpc) is 2.94. The number of rotatable bonds is 9. The van der Waals surface area contributed by atoms with Crippen LogP contribution < -0.4 is 14.8 Å². The van der Waals surface area contributed by atoms with Gasteiger partial charge in [0.05, 0.1) is 25.6 Å². The first-order valence-corrected chi connectivity index (χ1v) is 11.8. The number of benzene rings is 2. The van der Waals surface area contributed by atoms with E-state index in [0.717, 1.165) is 22.4 Å². The van der Waals surface area contributed by atoms with Crippen LogP contribution in [0.4, 0.5) is 0 Å². The summed E-state index contributed by atoms with van der Waals surface area (Å²) >= 11 is 6.98. The van der Waals surface area contributed by atoms with Crippen LogP contribution in [0.15, 0.2) is 42.5 Å². The number of para-hydroxylation sites is 1. The molecule has 2 aromatic carbocycles. The van der Waals surface area contributed by atoms with E-state index < -0.39 is 23.9 Å². The van der Waals surface area contributed by atoms with Gasteiger partial charge in [-0.1, -0.05) is 38.1 Å². The third-order valence-corrected chi connectivity index (χ3v) is 6.83. The van der Waals surface area contributed by atoms with Crippen LogP contribution in [0.3, 0.4) is 0 Å². The van der Waals surface area contributed by atoms with Crippen molar-refractivity contribution in [2.75, 3.05) is 20.2 Å². The zero-order valence-corrected chi connectivity index (χ0v) is 21.1. The fourth-order valence-electron chi connectivity index (χ4n) is 4.16. The SMILES string of the molecule is COc1ccccc1CC(C)(C)C(Cl)c1ccc2c(c1)CN(CC(=O)N[C@@H](C)C(=O)O)CC(=O)O2. The Balaban J connectivity index is 1.79. The number of carbonyl (C=O) groups is 3. The smallest absolute Gasteiger partial charge is 0.325 e. The summed E-state index contributed by atoms with van der Waals surface area (Å²) in [5.74, 6) is -0.876. The van der Waals surface area contributed by atoms with Crippen molar-refractivity contribution in [1.82, 2.24) is 10.2 Å². The maximum Gasteiger partial charge on any atom is 0.325 e. The molecule has 0 aromatic heterocycles. The van der Waals surface area contributed by atoms with Crippen LogP contribution in [0.25, 0.3) is 0 Å². The summed E-state index contributed by atoms with van der Waals surface area (Å²) in [4.78, 5) is 37.2. The van der Waals surface area contributed by atoms with E-state index in [-0.39, 0.29) is 30.4 Å². The molecule has 2 atom stereocenters. The van der Waals surface area contributed by atoms with Crippen LogP contribution in [0.2, 0.25) is 0 Å². The number of nitrogens with one attached hydrogen (secondary N) is 1. The Labute approximate surface area is 210 Å². The highest BCUT2D eigenvalue weighted by atomic mass is 35.5. The average molecular weight is 503 g/mol. The van der Waals surface area contributed by atoms with Gasteiger partial charge in [0.25, 0.3) is 0 Å². The van der Waals surface area contributed by atoms with Gasteiger partial charge in [-0.25, -0.2) is 0 Å². The van der Waals surface area contributed by atoms with Gasteiger partial charge in [0.1, 0.15) is 17.5 Å². The first kappa shape index (κ1) is 26.5. The second-order valence-corrected chi connectivity index (χ2v) is 9.89. The molecule has 0 saturated carbocycles. The summed E-state index contributed by atoms with van der Waals surface area (Å²) in [6, 6.07) is 12.3. The monoisotopic (exact) mass is 502 g/mol. The van der Waals surface area contributed by atoms with E-state index in [4.69, 9.17) is 26.2 Å². The Kier molecular flexibility index (Phi) is 8.40. The number of carboxylic acid groups (broad SMARTS) is 1. The second kappa shape index (κ2) is 11.1. The lowest BCUT2D eigenvalue weighted by atomic mass is 9.79. The zero-order valence-electron chi connectivity index (χ0n) is 20.3. The standard InChI is InChI=1S/C26H31ClN2O6/c1-16(25(32)33)28-22(30)14-29-13-19-11-17(9-10-21(19)35-23(31)15-29)24(27)26(2,3)12-18-7-5-6-8-20(18)34-4/h5-11,16,24H,12-15H2,1-4H3,(H,28,30)(H,32,33)/t16-,24?/m0/s1. The van der Waals surface area contributed by atoms with Crippen molar-refractivity contribution in [2.45, 2.75) is 45.2 Å². The number of carbonyl (C=O) groups excluding carboxylic acids is 2. The van der Waals surface area contributed by atoms with Crippen molar-refractivity contribution in [3.05, 3.63) is 59.2 Å². The lowest BCUT2D eigenvalue weighted by molar-refractivity contribution is -0.142. The van der Waals surface area contributed by atoms with Crippen LogP contribution in [0, 0.1) is 5.41 Å². The fourth-order valence-corrected chi connectivity index (χ4v) is 4.37. The Morgan fingerprint density at radius 2 is 1.94 bits per heavy atom. The molecule has 1 aliphatic heterocycles. The van der Waals surface area contributed by atoms with Gasteiger partial charge in [-0.15, -0.1) is 11.6 Å². The second-order valence-electron chi connectivity index (χ2n) is 9.45. The molecule has 3 rings (SSSR count). The van der Waals surface area contributed by atoms with Crippen LogP contribution >= 0.6 is 11.6 Å². The van der Waals surface area contributed by atoms with E-state index in [2.05, 4.69) is 19.2 Å². The molecule has 0 fully saturated rings. The Morgan fingerprint density at radius 1 is 1.23 bits per heavy atom. The van der Waals surface area contributed by atoms with Crippen molar-refractivity contribution >= 4 is 29.4 Å². The van der Waals surface area contributed by atoms with Crippen molar-refractivity contribution in [3.8, 4) is 11.5 Å². The Morgan fingerprint density at radius 3 is 2.63 bits per heavy atom. The summed E-state index contributed by atoms with van der Waals surface area (Å²) in [7, 11) is 1.64. The van der Waals surface area contributed by atoms with Crippen molar-refractivity contribution in [2.24, 2.45) is 5.41 Å². The number of halogens is 1. The van der Waals surface area contributed by atoms with Gasteiger partial charge in [-0.2, -0.15) is 0 Å². The van der Waals surface area contributed by atoms with E-state index in [1.807, 2.05) is 36.4 Å². The molecule has 9 heteroatoms. The number of nitrogens with zero attached hydrogens (tertiary/aromatic N) is 1. The van der Waals surface area contributed by atoms with E-state index in [1.165, 1.54) is 6.92 Å². The number of hydrogen-bond acceptors (Lipinski definition) is 6. The summed E-state index contributed by atoms with van der Waals surface area (Å²) < 4.78 is 11.0. The van der Waals surface area contributed by atoms with E-state index in [0.29, 0.717) is 12.2 Å². The molecule has 188 valence electrons. The molecule has 2 N–H and O–H groups in total. The molecule has 1 amide bonds. The summed E-state index contributed by atoms with van der Waals surface area (Å²) in [6.07, 6.45) is 0.686. The number of fused-ring (bicyclic) bond motifs is 1. The van der Waals surface area contributed by atoms with Gasteiger partial charge in [0.15, 0.2) is 0 Å². The summed E-state index contributed by atoms with van der Waals surface area (Å²) in [5, 5.41) is 11.1. The fraction of sp³-hybridized carbons (Fsp3) is 0.423. The van der Waals surface area contributed by atoms with Gasteiger partial charge in [-0.05, 0) is 48.1 Å². The predicted octanol–water partition coefficient (Wildman–Crippen LogP) is 3.55. The molecule has 1 heterocycles. The zero-order chi connectivity index (χ0) is 25.8. The topological polar surface area (TPSA) is 105 Å². The van der Waals surface area contributed by atoms with E-state index in [1.54, 1.807) is 18.1 Å². The molecule has 1 unspecified atom stereocenters. The minimum atomic E-state index is -1.13. The van der Waals surface area contributed by atoms with Gasteiger partial charge in [-0.3, -0.25) is 19.3 Å². The number of amides is 1.